The molecule has 0 radical (unpaired) electrons. The van der Waals surface area contributed by atoms with Crippen molar-refractivity contribution in [2.45, 2.75) is 6.54 Å². The first kappa shape index (κ1) is 15.2. The Morgan fingerprint density at radius 2 is 1.65 bits per heavy atom. The minimum atomic E-state index is -0.358. The minimum Gasteiger partial charge on any atom is -0.334 e. The highest BCUT2D eigenvalue weighted by Gasteiger charge is 2.08. The van der Waals surface area contributed by atoms with E-state index >= 15 is 0 Å². The quantitative estimate of drug-likeness (QED) is 0.773. The third-order valence-corrected chi connectivity index (χ3v) is 3.73. The Morgan fingerprint density at radius 1 is 1.05 bits per heavy atom. The zero-order chi connectivity index (χ0) is 14.5. The third-order valence-electron chi connectivity index (χ3n) is 2.57. The summed E-state index contributed by atoms with van der Waals surface area (Å²) in [6, 6.07) is 12.4. The van der Waals surface area contributed by atoms with Crippen LogP contribution in [0, 0.1) is 0 Å². The van der Waals surface area contributed by atoms with Crippen LogP contribution >= 0.6 is 39.1 Å². The summed E-state index contributed by atoms with van der Waals surface area (Å²) < 4.78 is 0.994. The molecule has 0 fully saturated rings. The van der Waals surface area contributed by atoms with Crippen molar-refractivity contribution in [2.24, 2.45) is 0 Å². The lowest BCUT2D eigenvalue weighted by Gasteiger charge is -2.10. The largest absolute Gasteiger partial charge is 0.334 e. The number of para-hydroxylation sites is 1. The van der Waals surface area contributed by atoms with Gasteiger partial charge >= 0.3 is 6.03 Å². The average molecular weight is 374 g/mol. The summed E-state index contributed by atoms with van der Waals surface area (Å²) in [4.78, 5) is 11.8. The fourth-order valence-electron chi connectivity index (χ4n) is 1.56. The number of rotatable bonds is 3. The lowest BCUT2D eigenvalue weighted by Crippen LogP contribution is -2.28. The summed E-state index contributed by atoms with van der Waals surface area (Å²) in [5.41, 5.74) is 1.40. The smallest absolute Gasteiger partial charge is 0.319 e. The Labute approximate surface area is 135 Å². The maximum absolute atomic E-state index is 11.8. The Hall–Kier alpha value is -1.23. The molecule has 2 amide bonds. The lowest BCUT2D eigenvalue weighted by molar-refractivity contribution is 0.251. The number of urea groups is 1. The number of nitrogens with one attached hydrogen (secondary N) is 2. The second-order valence-corrected chi connectivity index (χ2v) is 5.76. The molecular weight excluding hydrogens is 363 g/mol. The highest BCUT2D eigenvalue weighted by atomic mass is 79.9. The molecule has 0 aliphatic carbocycles. The fourth-order valence-corrected chi connectivity index (χ4v) is 2.32. The molecule has 0 aromatic heterocycles. The summed E-state index contributed by atoms with van der Waals surface area (Å²) in [6.45, 7) is 0.418. The number of halogens is 3. The van der Waals surface area contributed by atoms with Crippen LogP contribution in [0.15, 0.2) is 46.9 Å². The van der Waals surface area contributed by atoms with E-state index in [1.807, 2.05) is 24.3 Å². The van der Waals surface area contributed by atoms with Crippen LogP contribution in [0.2, 0.25) is 10.0 Å². The molecule has 0 aliphatic heterocycles. The maximum atomic E-state index is 11.8. The van der Waals surface area contributed by atoms with Crippen LogP contribution in [-0.2, 0) is 6.54 Å². The van der Waals surface area contributed by atoms with E-state index < -0.39 is 0 Å². The van der Waals surface area contributed by atoms with E-state index in [1.54, 1.807) is 18.2 Å². The van der Waals surface area contributed by atoms with Crippen LogP contribution in [0.25, 0.3) is 0 Å². The van der Waals surface area contributed by atoms with E-state index in [1.165, 1.54) is 0 Å². The SMILES string of the molecule is O=C(NCc1ccc(Br)cc1)Nc1c(Cl)cccc1Cl. The molecule has 3 nitrogen and oxygen atoms in total. The molecule has 2 N–H and O–H groups in total. The fraction of sp³-hybridized carbons (Fsp3) is 0.0714. The van der Waals surface area contributed by atoms with Gasteiger partial charge in [0.2, 0.25) is 0 Å². The first-order valence-electron chi connectivity index (χ1n) is 5.79. The Morgan fingerprint density at radius 3 is 2.25 bits per heavy atom. The highest BCUT2D eigenvalue weighted by molar-refractivity contribution is 9.10. The van der Waals surface area contributed by atoms with Gasteiger partial charge < -0.3 is 10.6 Å². The standard InChI is InChI=1S/C14H11BrCl2N2O/c15-10-6-4-9(5-7-10)8-18-14(20)19-13-11(16)2-1-3-12(13)17/h1-7H,8H2,(H2,18,19,20). The Kier molecular flexibility index (Phi) is 5.29. The van der Waals surface area contributed by atoms with Crippen molar-refractivity contribution in [1.82, 2.24) is 5.32 Å². The lowest BCUT2D eigenvalue weighted by atomic mass is 10.2. The Balaban J connectivity index is 1.94. The number of hydrogen-bond donors (Lipinski definition) is 2. The highest BCUT2D eigenvalue weighted by Crippen LogP contribution is 2.29. The number of anilines is 1. The van der Waals surface area contributed by atoms with Gasteiger partial charge in [0.25, 0.3) is 0 Å². The molecule has 0 spiro atoms. The van der Waals surface area contributed by atoms with Crippen molar-refractivity contribution in [3.8, 4) is 0 Å². The molecule has 0 bridgehead atoms. The zero-order valence-electron chi connectivity index (χ0n) is 10.3. The normalized spacial score (nSPS) is 10.2. The topological polar surface area (TPSA) is 41.1 Å². The van der Waals surface area contributed by atoms with Crippen LogP contribution in [0.1, 0.15) is 5.56 Å². The van der Waals surface area contributed by atoms with Crippen molar-refractivity contribution < 1.29 is 4.79 Å². The van der Waals surface area contributed by atoms with E-state index in [0.717, 1.165) is 10.0 Å². The van der Waals surface area contributed by atoms with Crippen LogP contribution in [-0.4, -0.2) is 6.03 Å². The van der Waals surface area contributed by atoms with Gasteiger partial charge in [-0.25, -0.2) is 4.79 Å². The molecule has 0 saturated heterocycles. The van der Waals surface area contributed by atoms with Crippen molar-refractivity contribution in [3.05, 3.63) is 62.5 Å². The second kappa shape index (κ2) is 6.97. The molecule has 0 heterocycles. The zero-order valence-corrected chi connectivity index (χ0v) is 13.4. The van der Waals surface area contributed by atoms with Gasteiger partial charge in [-0.3, -0.25) is 0 Å². The predicted octanol–water partition coefficient (Wildman–Crippen LogP) is 5.08. The summed E-state index contributed by atoms with van der Waals surface area (Å²) in [6.07, 6.45) is 0. The molecule has 20 heavy (non-hydrogen) atoms. The van der Waals surface area contributed by atoms with E-state index in [2.05, 4.69) is 26.6 Å². The van der Waals surface area contributed by atoms with E-state index in [9.17, 15) is 4.79 Å². The Bertz CT molecular complexity index is 597. The maximum Gasteiger partial charge on any atom is 0.319 e. The number of carbonyl (C=O) groups is 1. The van der Waals surface area contributed by atoms with Crippen molar-refractivity contribution in [2.75, 3.05) is 5.32 Å². The number of hydrogen-bond acceptors (Lipinski definition) is 1. The molecule has 0 atom stereocenters. The summed E-state index contributed by atoms with van der Waals surface area (Å²) in [5, 5.41) is 6.17. The van der Waals surface area contributed by atoms with Crippen LogP contribution in [0.4, 0.5) is 10.5 Å². The first-order chi connectivity index (χ1) is 9.56. The molecule has 0 saturated carbocycles. The van der Waals surface area contributed by atoms with Gasteiger partial charge in [0.15, 0.2) is 0 Å². The molecule has 0 unspecified atom stereocenters. The van der Waals surface area contributed by atoms with E-state index in [4.69, 9.17) is 23.2 Å². The molecule has 6 heteroatoms. The summed E-state index contributed by atoms with van der Waals surface area (Å²) in [5.74, 6) is 0. The van der Waals surface area contributed by atoms with Crippen LogP contribution < -0.4 is 10.6 Å². The molecule has 2 rings (SSSR count). The molecular formula is C14H11BrCl2N2O. The number of benzene rings is 2. The van der Waals surface area contributed by atoms with Gasteiger partial charge in [-0.2, -0.15) is 0 Å². The van der Waals surface area contributed by atoms with Crippen molar-refractivity contribution >= 4 is 50.9 Å². The van der Waals surface area contributed by atoms with Gasteiger partial charge in [-0.05, 0) is 29.8 Å². The molecule has 2 aromatic carbocycles. The second-order valence-electron chi connectivity index (χ2n) is 4.03. The van der Waals surface area contributed by atoms with Crippen molar-refractivity contribution in [3.63, 3.8) is 0 Å². The number of carbonyl (C=O) groups excluding carboxylic acids is 1. The van der Waals surface area contributed by atoms with Gasteiger partial charge in [-0.1, -0.05) is 57.3 Å². The summed E-state index contributed by atoms with van der Waals surface area (Å²) >= 11 is 15.3. The monoisotopic (exact) mass is 372 g/mol. The molecule has 104 valence electrons. The van der Waals surface area contributed by atoms with Gasteiger partial charge in [0.1, 0.15) is 0 Å². The van der Waals surface area contributed by atoms with Crippen LogP contribution in [0.3, 0.4) is 0 Å². The summed E-state index contributed by atoms with van der Waals surface area (Å²) in [7, 11) is 0. The van der Waals surface area contributed by atoms with E-state index in [0.29, 0.717) is 22.3 Å². The van der Waals surface area contributed by atoms with Gasteiger partial charge in [0, 0.05) is 11.0 Å². The van der Waals surface area contributed by atoms with E-state index in [-0.39, 0.29) is 6.03 Å². The van der Waals surface area contributed by atoms with Gasteiger partial charge in [0.05, 0.1) is 15.7 Å². The molecule has 2 aromatic rings. The number of amides is 2. The molecule has 0 aliphatic rings. The predicted molar refractivity (Wildman–Crippen MR) is 86.5 cm³/mol. The van der Waals surface area contributed by atoms with Crippen LogP contribution in [0.5, 0.6) is 0 Å². The first-order valence-corrected chi connectivity index (χ1v) is 7.34. The average Bonchev–Trinajstić information content (AvgIpc) is 2.42. The minimum absolute atomic E-state index is 0.358. The van der Waals surface area contributed by atoms with Gasteiger partial charge in [-0.15, -0.1) is 0 Å². The van der Waals surface area contributed by atoms with Crippen molar-refractivity contribution in [1.29, 1.82) is 0 Å². The third kappa shape index (κ3) is 4.13.